The van der Waals surface area contributed by atoms with Gasteiger partial charge in [-0.3, -0.25) is 14.3 Å². The number of aliphatic hydroxyl groups is 3. The van der Waals surface area contributed by atoms with E-state index >= 15 is 0 Å². The van der Waals surface area contributed by atoms with Crippen molar-refractivity contribution in [2.45, 2.75) is 31.0 Å². The number of aliphatic hydroxyl groups excluding tert-OH is 3. The molecule has 3 aromatic rings. The summed E-state index contributed by atoms with van der Waals surface area (Å²) in [7, 11) is 1.63. The van der Waals surface area contributed by atoms with Crippen molar-refractivity contribution in [2.75, 3.05) is 25.5 Å². The summed E-state index contributed by atoms with van der Waals surface area (Å²) >= 11 is 0. The lowest BCUT2D eigenvalue weighted by Crippen LogP contribution is -2.33. The van der Waals surface area contributed by atoms with E-state index in [0.29, 0.717) is 24.3 Å². The third kappa shape index (κ3) is 4.05. The van der Waals surface area contributed by atoms with Gasteiger partial charge in [-0.2, -0.15) is 0 Å². The SMILES string of the molecule is CNc1nc(C(=O)NCCc2ccccn2)nc2c1ncn2[C@@H]1O[C@H](CO)[C@@H](O)[C@H]1O. The van der Waals surface area contributed by atoms with Gasteiger partial charge in [-0.1, -0.05) is 6.07 Å². The van der Waals surface area contributed by atoms with Gasteiger partial charge in [-0.05, 0) is 12.1 Å². The molecule has 1 saturated heterocycles. The normalized spacial score (nSPS) is 23.2. The number of amides is 1. The summed E-state index contributed by atoms with van der Waals surface area (Å²) in [4.78, 5) is 29.6. The van der Waals surface area contributed by atoms with Gasteiger partial charge in [0, 0.05) is 31.9 Å². The smallest absolute Gasteiger partial charge is 0.289 e. The molecule has 1 fully saturated rings. The van der Waals surface area contributed by atoms with E-state index in [1.165, 1.54) is 10.9 Å². The van der Waals surface area contributed by atoms with E-state index in [1.807, 2.05) is 18.2 Å². The molecule has 0 unspecified atom stereocenters. The molecule has 12 nitrogen and oxygen atoms in total. The monoisotopic (exact) mass is 429 g/mol. The van der Waals surface area contributed by atoms with E-state index in [9.17, 15) is 20.1 Å². The molecular formula is C19H23N7O5. The van der Waals surface area contributed by atoms with Gasteiger partial charge < -0.3 is 30.7 Å². The molecule has 4 atom stereocenters. The van der Waals surface area contributed by atoms with Crippen molar-refractivity contribution in [3.05, 3.63) is 42.2 Å². The van der Waals surface area contributed by atoms with E-state index in [2.05, 4.69) is 30.6 Å². The predicted octanol–water partition coefficient (Wildman–Crippen LogP) is -1.15. The highest BCUT2D eigenvalue weighted by Gasteiger charge is 2.44. The predicted molar refractivity (Wildman–Crippen MR) is 108 cm³/mol. The Morgan fingerprint density at radius 1 is 1.23 bits per heavy atom. The lowest BCUT2D eigenvalue weighted by Gasteiger charge is -2.17. The molecule has 1 amide bonds. The third-order valence-electron chi connectivity index (χ3n) is 5.05. The Balaban J connectivity index is 1.58. The van der Waals surface area contributed by atoms with Gasteiger partial charge in [0.15, 0.2) is 23.2 Å². The van der Waals surface area contributed by atoms with Crippen LogP contribution >= 0.6 is 0 Å². The van der Waals surface area contributed by atoms with Crippen LogP contribution < -0.4 is 10.6 Å². The zero-order valence-electron chi connectivity index (χ0n) is 16.7. The van der Waals surface area contributed by atoms with Crippen LogP contribution in [0.3, 0.4) is 0 Å². The molecule has 0 aliphatic carbocycles. The van der Waals surface area contributed by atoms with Gasteiger partial charge >= 0.3 is 0 Å². The molecule has 31 heavy (non-hydrogen) atoms. The summed E-state index contributed by atoms with van der Waals surface area (Å²) in [5.74, 6) is -0.250. The Morgan fingerprint density at radius 3 is 2.74 bits per heavy atom. The van der Waals surface area contributed by atoms with Crippen LogP contribution in [0.1, 0.15) is 22.5 Å². The molecule has 1 aliphatic heterocycles. The van der Waals surface area contributed by atoms with Gasteiger partial charge in [-0.25, -0.2) is 15.0 Å². The molecule has 3 aromatic heterocycles. The van der Waals surface area contributed by atoms with Crippen molar-refractivity contribution in [1.29, 1.82) is 0 Å². The number of pyridine rings is 1. The Morgan fingerprint density at radius 2 is 2.06 bits per heavy atom. The highest BCUT2D eigenvalue weighted by Crippen LogP contribution is 2.32. The highest BCUT2D eigenvalue weighted by molar-refractivity contribution is 5.94. The first-order valence-electron chi connectivity index (χ1n) is 9.76. The Kier molecular flexibility index (Phi) is 6.04. The van der Waals surface area contributed by atoms with Crippen LogP contribution in [0.15, 0.2) is 30.7 Å². The molecule has 0 aromatic carbocycles. The maximum atomic E-state index is 12.6. The number of aromatic nitrogens is 5. The Bertz CT molecular complexity index is 1060. The van der Waals surface area contributed by atoms with Crippen molar-refractivity contribution in [1.82, 2.24) is 29.8 Å². The second-order valence-corrected chi connectivity index (χ2v) is 7.03. The fourth-order valence-electron chi connectivity index (χ4n) is 3.42. The zero-order chi connectivity index (χ0) is 22.0. The van der Waals surface area contributed by atoms with E-state index in [1.54, 1.807) is 13.2 Å². The van der Waals surface area contributed by atoms with Crippen molar-refractivity contribution in [3.8, 4) is 0 Å². The summed E-state index contributed by atoms with van der Waals surface area (Å²) in [6.07, 6.45) is -0.941. The first kappa shape index (κ1) is 21.1. The summed E-state index contributed by atoms with van der Waals surface area (Å²) < 4.78 is 6.97. The van der Waals surface area contributed by atoms with E-state index in [-0.39, 0.29) is 11.5 Å². The van der Waals surface area contributed by atoms with E-state index in [0.717, 1.165) is 5.69 Å². The average molecular weight is 429 g/mol. The van der Waals surface area contributed by atoms with Crippen LogP contribution in [0, 0.1) is 0 Å². The molecule has 12 heteroatoms. The second-order valence-electron chi connectivity index (χ2n) is 7.03. The first-order chi connectivity index (χ1) is 15.0. The van der Waals surface area contributed by atoms with Crippen molar-refractivity contribution >= 4 is 22.9 Å². The van der Waals surface area contributed by atoms with Crippen LogP contribution in [0.2, 0.25) is 0 Å². The van der Waals surface area contributed by atoms with Crippen LogP contribution in [-0.2, 0) is 11.2 Å². The van der Waals surface area contributed by atoms with Crippen LogP contribution in [0.5, 0.6) is 0 Å². The molecule has 0 spiro atoms. The van der Waals surface area contributed by atoms with Crippen LogP contribution in [0.25, 0.3) is 11.2 Å². The molecule has 0 radical (unpaired) electrons. The number of hydrogen-bond acceptors (Lipinski definition) is 10. The number of carbonyl (C=O) groups excluding carboxylic acids is 1. The fraction of sp³-hybridized carbons (Fsp3) is 0.421. The number of nitrogens with zero attached hydrogens (tertiary/aromatic N) is 5. The number of nitrogens with one attached hydrogen (secondary N) is 2. The Labute approximate surface area is 177 Å². The number of carbonyl (C=O) groups is 1. The number of ether oxygens (including phenoxy) is 1. The average Bonchev–Trinajstić information content (AvgIpc) is 3.34. The lowest BCUT2D eigenvalue weighted by molar-refractivity contribution is -0.0511. The maximum Gasteiger partial charge on any atom is 0.289 e. The van der Waals surface area contributed by atoms with Gasteiger partial charge in [0.1, 0.15) is 18.3 Å². The topological polar surface area (TPSA) is 168 Å². The number of anilines is 1. The van der Waals surface area contributed by atoms with Crippen LogP contribution in [0.4, 0.5) is 5.82 Å². The van der Waals surface area contributed by atoms with Gasteiger partial charge in [0.25, 0.3) is 5.91 Å². The highest BCUT2D eigenvalue weighted by atomic mass is 16.6. The molecule has 5 N–H and O–H groups in total. The summed E-state index contributed by atoms with van der Waals surface area (Å²) in [6.45, 7) is -0.109. The number of fused-ring (bicyclic) bond motifs is 1. The largest absolute Gasteiger partial charge is 0.394 e. The number of rotatable bonds is 7. The summed E-state index contributed by atoms with van der Waals surface area (Å²) in [6, 6.07) is 5.56. The molecule has 1 aliphatic rings. The molecule has 0 bridgehead atoms. The molecule has 4 heterocycles. The van der Waals surface area contributed by atoms with E-state index in [4.69, 9.17) is 4.74 Å². The minimum absolute atomic E-state index is 0.0913. The first-order valence-corrected chi connectivity index (χ1v) is 9.76. The standard InChI is InChI=1S/C19H23N7O5/c1-20-15-12-17(26(9-23-12)19-14(29)13(28)11(8-27)31-19)25-16(24-15)18(30)22-7-5-10-4-2-3-6-21-10/h2-4,6,9,11,13-14,19,27-29H,5,7-8H2,1H3,(H,22,30)(H,20,24,25)/t11-,13-,14-,19-/m1/s1. The molecular weight excluding hydrogens is 406 g/mol. The second kappa shape index (κ2) is 8.89. The Hall–Kier alpha value is -3.19. The molecule has 0 saturated carbocycles. The van der Waals surface area contributed by atoms with Gasteiger partial charge in [0.2, 0.25) is 5.82 Å². The van der Waals surface area contributed by atoms with Crippen molar-refractivity contribution in [2.24, 2.45) is 0 Å². The summed E-state index contributed by atoms with van der Waals surface area (Å²) in [5, 5.41) is 35.4. The zero-order valence-corrected chi connectivity index (χ0v) is 16.7. The van der Waals surface area contributed by atoms with E-state index < -0.39 is 37.1 Å². The quantitative estimate of drug-likeness (QED) is 0.309. The molecule has 4 rings (SSSR count). The molecule has 164 valence electrons. The minimum atomic E-state index is -1.31. The lowest BCUT2D eigenvalue weighted by atomic mass is 10.1. The van der Waals surface area contributed by atoms with Crippen molar-refractivity contribution in [3.63, 3.8) is 0 Å². The van der Waals surface area contributed by atoms with Gasteiger partial charge in [0.05, 0.1) is 12.9 Å². The van der Waals surface area contributed by atoms with Crippen LogP contribution in [-0.4, -0.2) is 84.2 Å². The maximum absolute atomic E-state index is 12.6. The van der Waals surface area contributed by atoms with Crippen molar-refractivity contribution < 1.29 is 24.9 Å². The number of imidazole rings is 1. The van der Waals surface area contributed by atoms with Gasteiger partial charge in [-0.15, -0.1) is 0 Å². The minimum Gasteiger partial charge on any atom is -0.394 e. The number of hydrogen-bond donors (Lipinski definition) is 5. The summed E-state index contributed by atoms with van der Waals surface area (Å²) in [5.41, 5.74) is 1.45. The third-order valence-corrected chi connectivity index (χ3v) is 5.05. The fourth-order valence-corrected chi connectivity index (χ4v) is 3.42.